The predicted octanol–water partition coefficient (Wildman–Crippen LogP) is 3.17. The fraction of sp³-hybridized carbons (Fsp3) is 0.389. The van der Waals surface area contributed by atoms with Crippen molar-refractivity contribution >= 4 is 11.9 Å². The second kappa shape index (κ2) is 9.56. The predicted molar refractivity (Wildman–Crippen MR) is 91.2 cm³/mol. The average molecular weight is 347 g/mol. The second-order valence-corrected chi connectivity index (χ2v) is 5.76. The maximum absolute atomic E-state index is 13.7. The molecule has 25 heavy (non-hydrogen) atoms. The highest BCUT2D eigenvalue weighted by Gasteiger charge is 2.11. The number of hydrogen-bond acceptors (Lipinski definition) is 3. The van der Waals surface area contributed by atoms with Gasteiger partial charge >= 0.3 is 5.97 Å². The number of hydrogen-bond donors (Lipinski definition) is 2. The van der Waals surface area contributed by atoms with E-state index in [-0.39, 0.29) is 18.0 Å². The molecule has 0 saturated heterocycles. The summed E-state index contributed by atoms with van der Waals surface area (Å²) in [7, 11) is 0. The minimum absolute atomic E-state index is 0.210. The van der Waals surface area contributed by atoms with Gasteiger partial charge in [0.1, 0.15) is 11.5 Å². The molecule has 2 N–H and O–H groups in total. The summed E-state index contributed by atoms with van der Waals surface area (Å²) in [6, 6.07) is 7.78. The van der Waals surface area contributed by atoms with Crippen molar-refractivity contribution in [2.45, 2.75) is 38.5 Å². The standard InChI is InChI=1S/C18H22FN3O3/c19-14-8-5-6-9-16(14)22-13-11-15(21-22)18(25)20-12-7-3-1-2-4-10-17(23)24/h5-6,8-9,11,13H,1-4,7,10,12H2,(H,20,25)(H,23,24). The number of amides is 1. The zero-order valence-electron chi connectivity index (χ0n) is 13.9. The minimum Gasteiger partial charge on any atom is -0.481 e. The average Bonchev–Trinajstić information content (AvgIpc) is 3.07. The van der Waals surface area contributed by atoms with E-state index >= 15 is 0 Å². The number of carboxylic acid groups (broad SMARTS) is 1. The molecule has 2 rings (SSSR count). The number of benzene rings is 1. The van der Waals surface area contributed by atoms with E-state index in [9.17, 15) is 14.0 Å². The van der Waals surface area contributed by atoms with Crippen LogP contribution >= 0.6 is 0 Å². The van der Waals surface area contributed by atoms with Crippen LogP contribution in [0, 0.1) is 5.82 Å². The molecule has 7 heteroatoms. The zero-order valence-corrected chi connectivity index (χ0v) is 13.9. The van der Waals surface area contributed by atoms with Crippen LogP contribution in [0.25, 0.3) is 5.69 Å². The number of rotatable bonds is 10. The van der Waals surface area contributed by atoms with Gasteiger partial charge < -0.3 is 10.4 Å². The summed E-state index contributed by atoms with van der Waals surface area (Å²) in [5.41, 5.74) is 0.535. The van der Waals surface area contributed by atoms with Crippen LogP contribution in [0.2, 0.25) is 0 Å². The largest absolute Gasteiger partial charge is 0.481 e. The summed E-state index contributed by atoms with van der Waals surface area (Å²) >= 11 is 0. The fourth-order valence-electron chi connectivity index (χ4n) is 2.44. The smallest absolute Gasteiger partial charge is 0.303 e. The molecular formula is C18H22FN3O3. The fourth-order valence-corrected chi connectivity index (χ4v) is 2.44. The number of aromatic nitrogens is 2. The SMILES string of the molecule is O=C(O)CCCCCCCNC(=O)c1ccn(-c2ccccc2F)n1. The third-order valence-electron chi connectivity index (χ3n) is 3.77. The number of aliphatic carboxylic acids is 1. The first-order chi connectivity index (χ1) is 12.1. The Balaban J connectivity index is 1.70. The maximum Gasteiger partial charge on any atom is 0.303 e. The molecule has 1 amide bonds. The topological polar surface area (TPSA) is 84.2 Å². The Morgan fingerprint density at radius 3 is 2.56 bits per heavy atom. The number of nitrogens with one attached hydrogen (secondary N) is 1. The first-order valence-corrected chi connectivity index (χ1v) is 8.38. The van der Waals surface area contributed by atoms with E-state index in [1.807, 2.05) is 0 Å². The van der Waals surface area contributed by atoms with Crippen LogP contribution in [0.4, 0.5) is 4.39 Å². The van der Waals surface area contributed by atoms with Gasteiger partial charge in [0, 0.05) is 19.2 Å². The lowest BCUT2D eigenvalue weighted by atomic mass is 10.1. The normalized spacial score (nSPS) is 10.6. The van der Waals surface area contributed by atoms with Gasteiger partial charge in [-0.3, -0.25) is 9.59 Å². The molecule has 0 spiro atoms. The summed E-state index contributed by atoms with van der Waals surface area (Å²) in [4.78, 5) is 22.4. The Morgan fingerprint density at radius 1 is 1.08 bits per heavy atom. The Bertz CT molecular complexity index is 715. The molecule has 1 aromatic heterocycles. The molecule has 0 bridgehead atoms. The minimum atomic E-state index is -0.762. The van der Waals surface area contributed by atoms with Crippen LogP contribution in [-0.4, -0.2) is 33.3 Å². The molecular weight excluding hydrogens is 325 g/mol. The van der Waals surface area contributed by atoms with Crippen LogP contribution < -0.4 is 5.32 Å². The third kappa shape index (κ3) is 6.02. The van der Waals surface area contributed by atoms with E-state index in [0.29, 0.717) is 18.7 Å². The molecule has 0 atom stereocenters. The molecule has 1 heterocycles. The Labute approximate surface area is 145 Å². The molecule has 1 aromatic carbocycles. The van der Waals surface area contributed by atoms with Crippen molar-refractivity contribution in [2.75, 3.05) is 6.54 Å². The highest BCUT2D eigenvalue weighted by Crippen LogP contribution is 2.12. The van der Waals surface area contributed by atoms with Gasteiger partial charge in [0.25, 0.3) is 5.91 Å². The van der Waals surface area contributed by atoms with Crippen molar-refractivity contribution in [1.29, 1.82) is 0 Å². The molecule has 2 aromatic rings. The lowest BCUT2D eigenvalue weighted by Gasteiger charge is -2.04. The number of nitrogens with zero attached hydrogens (tertiary/aromatic N) is 2. The number of carboxylic acids is 1. The van der Waals surface area contributed by atoms with Crippen molar-refractivity contribution in [3.8, 4) is 5.69 Å². The van der Waals surface area contributed by atoms with E-state index in [2.05, 4.69) is 10.4 Å². The molecule has 6 nitrogen and oxygen atoms in total. The summed E-state index contributed by atoms with van der Waals surface area (Å²) in [6.45, 7) is 0.532. The van der Waals surface area contributed by atoms with Crippen LogP contribution in [-0.2, 0) is 4.79 Å². The zero-order chi connectivity index (χ0) is 18.1. The van der Waals surface area contributed by atoms with Gasteiger partial charge in [0.15, 0.2) is 5.69 Å². The Morgan fingerprint density at radius 2 is 1.80 bits per heavy atom. The number of unbranched alkanes of at least 4 members (excludes halogenated alkanes) is 4. The Hall–Kier alpha value is -2.70. The lowest BCUT2D eigenvalue weighted by molar-refractivity contribution is -0.137. The van der Waals surface area contributed by atoms with Crippen molar-refractivity contribution in [2.24, 2.45) is 0 Å². The van der Waals surface area contributed by atoms with Gasteiger partial charge in [-0.25, -0.2) is 9.07 Å². The quantitative estimate of drug-likeness (QED) is 0.647. The molecule has 0 unspecified atom stereocenters. The number of para-hydroxylation sites is 1. The second-order valence-electron chi connectivity index (χ2n) is 5.76. The van der Waals surface area contributed by atoms with Gasteiger partial charge in [-0.15, -0.1) is 0 Å². The first-order valence-electron chi connectivity index (χ1n) is 8.38. The summed E-state index contributed by atoms with van der Waals surface area (Å²) in [6.07, 6.45) is 6.04. The summed E-state index contributed by atoms with van der Waals surface area (Å²) in [5.74, 6) is -1.46. The summed E-state index contributed by atoms with van der Waals surface area (Å²) < 4.78 is 15.1. The molecule has 0 aliphatic rings. The van der Waals surface area contributed by atoms with Crippen LogP contribution in [0.5, 0.6) is 0 Å². The first kappa shape index (κ1) is 18.6. The maximum atomic E-state index is 13.7. The van der Waals surface area contributed by atoms with Crippen LogP contribution in [0.3, 0.4) is 0 Å². The third-order valence-corrected chi connectivity index (χ3v) is 3.77. The van der Waals surface area contributed by atoms with E-state index in [1.165, 1.54) is 10.7 Å². The van der Waals surface area contributed by atoms with Gasteiger partial charge in [0.05, 0.1) is 0 Å². The molecule has 0 fully saturated rings. The van der Waals surface area contributed by atoms with Gasteiger partial charge in [-0.2, -0.15) is 5.10 Å². The molecule has 134 valence electrons. The van der Waals surface area contributed by atoms with E-state index in [4.69, 9.17) is 5.11 Å². The van der Waals surface area contributed by atoms with Gasteiger partial charge in [0.2, 0.25) is 0 Å². The number of halogens is 1. The van der Waals surface area contributed by atoms with E-state index < -0.39 is 11.8 Å². The van der Waals surface area contributed by atoms with Crippen molar-refractivity contribution < 1.29 is 19.1 Å². The molecule has 0 aliphatic heterocycles. The van der Waals surface area contributed by atoms with Crippen molar-refractivity contribution in [3.63, 3.8) is 0 Å². The van der Waals surface area contributed by atoms with Crippen molar-refractivity contribution in [3.05, 3.63) is 48.0 Å². The highest BCUT2D eigenvalue weighted by molar-refractivity contribution is 5.92. The monoisotopic (exact) mass is 347 g/mol. The van der Waals surface area contributed by atoms with E-state index in [0.717, 1.165) is 25.7 Å². The Kier molecular flexibility index (Phi) is 7.13. The molecule has 0 aliphatic carbocycles. The number of carbonyl (C=O) groups excluding carboxylic acids is 1. The van der Waals surface area contributed by atoms with Crippen LogP contribution in [0.15, 0.2) is 36.5 Å². The number of carbonyl (C=O) groups is 2. The van der Waals surface area contributed by atoms with Gasteiger partial charge in [-0.1, -0.05) is 31.4 Å². The molecule has 0 saturated carbocycles. The van der Waals surface area contributed by atoms with Crippen molar-refractivity contribution in [1.82, 2.24) is 15.1 Å². The van der Waals surface area contributed by atoms with E-state index in [1.54, 1.807) is 30.5 Å². The van der Waals surface area contributed by atoms with Gasteiger partial charge in [-0.05, 0) is 31.0 Å². The highest BCUT2D eigenvalue weighted by atomic mass is 19.1. The lowest BCUT2D eigenvalue weighted by Crippen LogP contribution is -2.25. The summed E-state index contributed by atoms with van der Waals surface area (Å²) in [5, 5.41) is 15.4. The molecule has 0 radical (unpaired) electrons. The van der Waals surface area contributed by atoms with Crippen LogP contribution in [0.1, 0.15) is 49.0 Å².